The molecule has 2 aliphatic carbocycles. The number of carbonyl (C=O) groups excluding carboxylic acids is 1. The van der Waals surface area contributed by atoms with Crippen LogP contribution in [0.15, 0.2) is 0 Å². The van der Waals surface area contributed by atoms with Gasteiger partial charge in [-0.3, -0.25) is 9.59 Å². The number of ether oxygens (including phenoxy) is 1. The lowest BCUT2D eigenvalue weighted by molar-refractivity contribution is -0.165. The van der Waals surface area contributed by atoms with Gasteiger partial charge in [0.2, 0.25) is 0 Å². The molecule has 5 heteroatoms. The summed E-state index contributed by atoms with van der Waals surface area (Å²) in [5.41, 5.74) is -1.76. The van der Waals surface area contributed by atoms with Crippen molar-refractivity contribution in [1.82, 2.24) is 0 Å². The summed E-state index contributed by atoms with van der Waals surface area (Å²) in [6.07, 6.45) is 0.639. The maximum atomic E-state index is 12.1. The number of nitriles is 1. The minimum Gasteiger partial charge on any atom is -0.481 e. The van der Waals surface area contributed by atoms with Crippen LogP contribution in [-0.2, 0) is 14.3 Å². The minimum absolute atomic E-state index is 0.0327. The van der Waals surface area contributed by atoms with Crippen molar-refractivity contribution in [2.45, 2.75) is 39.2 Å². The van der Waals surface area contributed by atoms with E-state index >= 15 is 0 Å². The van der Waals surface area contributed by atoms with Crippen molar-refractivity contribution in [1.29, 1.82) is 5.26 Å². The molecule has 0 saturated heterocycles. The lowest BCUT2D eigenvalue weighted by Crippen LogP contribution is -2.36. The molecule has 0 aromatic heterocycles. The van der Waals surface area contributed by atoms with Crippen molar-refractivity contribution in [3.8, 4) is 6.07 Å². The first-order chi connectivity index (χ1) is 8.20. The SMILES string of the molecule is CC(C)(C)OC(=O)C1(C#N)CC2C(C1)C2C(=O)O. The van der Waals surface area contributed by atoms with Crippen molar-refractivity contribution in [2.24, 2.45) is 23.2 Å². The minimum atomic E-state index is -1.13. The molecule has 0 aromatic rings. The summed E-state index contributed by atoms with van der Waals surface area (Å²) < 4.78 is 5.27. The number of hydrogen-bond donors (Lipinski definition) is 1. The number of esters is 1. The van der Waals surface area contributed by atoms with Gasteiger partial charge in [0.15, 0.2) is 5.41 Å². The van der Waals surface area contributed by atoms with Gasteiger partial charge in [-0.1, -0.05) is 0 Å². The van der Waals surface area contributed by atoms with Gasteiger partial charge >= 0.3 is 11.9 Å². The van der Waals surface area contributed by atoms with E-state index in [9.17, 15) is 14.9 Å². The van der Waals surface area contributed by atoms with Crippen molar-refractivity contribution in [2.75, 3.05) is 0 Å². The predicted octanol–water partition coefficient (Wildman–Crippen LogP) is 1.58. The van der Waals surface area contributed by atoms with Gasteiger partial charge in [0, 0.05) is 0 Å². The first-order valence-corrected chi connectivity index (χ1v) is 6.08. The van der Waals surface area contributed by atoms with E-state index in [1.54, 1.807) is 20.8 Å². The molecule has 98 valence electrons. The Morgan fingerprint density at radius 2 is 1.83 bits per heavy atom. The molecule has 2 aliphatic rings. The number of aliphatic carboxylic acids is 1. The zero-order valence-corrected chi connectivity index (χ0v) is 10.8. The van der Waals surface area contributed by atoms with Crippen molar-refractivity contribution in [3.63, 3.8) is 0 Å². The van der Waals surface area contributed by atoms with Gasteiger partial charge in [0.05, 0.1) is 12.0 Å². The molecule has 0 aromatic carbocycles. The zero-order valence-electron chi connectivity index (χ0n) is 10.8. The smallest absolute Gasteiger partial charge is 0.327 e. The topological polar surface area (TPSA) is 87.4 Å². The highest BCUT2D eigenvalue weighted by Gasteiger charge is 2.67. The number of carboxylic acids is 1. The number of rotatable bonds is 2. The van der Waals surface area contributed by atoms with E-state index in [0.717, 1.165) is 0 Å². The Morgan fingerprint density at radius 3 is 2.17 bits per heavy atom. The lowest BCUT2D eigenvalue weighted by atomic mass is 9.83. The molecule has 2 fully saturated rings. The first kappa shape index (κ1) is 12.9. The maximum Gasteiger partial charge on any atom is 0.327 e. The Balaban J connectivity index is 2.07. The molecule has 0 bridgehead atoms. The van der Waals surface area contributed by atoms with Crippen LogP contribution in [0.3, 0.4) is 0 Å². The Labute approximate surface area is 106 Å². The van der Waals surface area contributed by atoms with Crippen LogP contribution in [0.2, 0.25) is 0 Å². The zero-order chi connectivity index (χ0) is 13.7. The summed E-state index contributed by atoms with van der Waals surface area (Å²) in [7, 11) is 0. The quantitative estimate of drug-likeness (QED) is 0.753. The monoisotopic (exact) mass is 251 g/mol. The van der Waals surface area contributed by atoms with E-state index in [2.05, 4.69) is 6.07 Å². The molecule has 2 atom stereocenters. The van der Waals surface area contributed by atoms with Crippen LogP contribution in [0.1, 0.15) is 33.6 Å². The van der Waals surface area contributed by atoms with Crippen LogP contribution < -0.4 is 0 Å². The van der Waals surface area contributed by atoms with E-state index in [-0.39, 0.29) is 17.8 Å². The van der Waals surface area contributed by atoms with Crippen molar-refractivity contribution < 1.29 is 19.4 Å². The molecule has 18 heavy (non-hydrogen) atoms. The van der Waals surface area contributed by atoms with Gasteiger partial charge in [0.25, 0.3) is 0 Å². The van der Waals surface area contributed by atoms with Gasteiger partial charge in [-0.25, -0.2) is 0 Å². The number of carbonyl (C=O) groups is 2. The van der Waals surface area contributed by atoms with Crippen LogP contribution in [0.25, 0.3) is 0 Å². The summed E-state index contributed by atoms with van der Waals surface area (Å²) in [5, 5.41) is 18.2. The fourth-order valence-corrected chi connectivity index (χ4v) is 2.94. The number of carboxylic acid groups (broad SMARTS) is 1. The molecular formula is C13H17NO4. The molecule has 0 radical (unpaired) electrons. The molecule has 0 heterocycles. The van der Waals surface area contributed by atoms with E-state index in [1.165, 1.54) is 0 Å². The molecule has 2 unspecified atom stereocenters. The molecule has 0 amide bonds. The van der Waals surface area contributed by atoms with Crippen LogP contribution in [0.4, 0.5) is 0 Å². The highest BCUT2D eigenvalue weighted by molar-refractivity contribution is 5.83. The average Bonchev–Trinajstić information content (AvgIpc) is 2.74. The van der Waals surface area contributed by atoms with Crippen LogP contribution in [0, 0.1) is 34.5 Å². The Bertz CT molecular complexity index is 431. The molecule has 2 rings (SSSR count). The van der Waals surface area contributed by atoms with Gasteiger partial charge in [-0.05, 0) is 45.4 Å². The molecule has 2 saturated carbocycles. The van der Waals surface area contributed by atoms with Crippen LogP contribution >= 0.6 is 0 Å². The number of nitrogens with zero attached hydrogens (tertiary/aromatic N) is 1. The van der Waals surface area contributed by atoms with Gasteiger partial charge in [-0.2, -0.15) is 5.26 Å². The summed E-state index contributed by atoms with van der Waals surface area (Å²) in [4.78, 5) is 22.9. The molecule has 0 spiro atoms. The van der Waals surface area contributed by atoms with Crippen molar-refractivity contribution >= 4 is 11.9 Å². The van der Waals surface area contributed by atoms with E-state index in [1.807, 2.05) is 0 Å². The summed E-state index contributed by atoms with van der Waals surface area (Å²) in [6.45, 7) is 5.27. The van der Waals surface area contributed by atoms with E-state index in [4.69, 9.17) is 9.84 Å². The highest BCUT2D eigenvalue weighted by atomic mass is 16.6. The number of hydrogen-bond acceptors (Lipinski definition) is 4. The highest BCUT2D eigenvalue weighted by Crippen LogP contribution is 2.64. The Kier molecular flexibility index (Phi) is 2.65. The molecule has 0 aliphatic heterocycles. The van der Waals surface area contributed by atoms with Crippen molar-refractivity contribution in [3.05, 3.63) is 0 Å². The second kappa shape index (κ2) is 3.71. The fourth-order valence-electron chi connectivity index (χ4n) is 2.94. The van der Waals surface area contributed by atoms with Gasteiger partial charge < -0.3 is 9.84 Å². The van der Waals surface area contributed by atoms with E-state index < -0.39 is 23.0 Å². The maximum absolute atomic E-state index is 12.1. The third-order valence-electron chi connectivity index (χ3n) is 3.79. The van der Waals surface area contributed by atoms with Crippen LogP contribution in [-0.4, -0.2) is 22.6 Å². The lowest BCUT2D eigenvalue weighted by Gasteiger charge is -2.27. The normalized spacial score (nSPS) is 37.6. The molecular weight excluding hydrogens is 234 g/mol. The average molecular weight is 251 g/mol. The van der Waals surface area contributed by atoms with Gasteiger partial charge in [0.1, 0.15) is 5.60 Å². The summed E-state index contributed by atoms with van der Waals surface area (Å²) in [6, 6.07) is 2.05. The van der Waals surface area contributed by atoms with Crippen LogP contribution in [0.5, 0.6) is 0 Å². The Hall–Kier alpha value is -1.57. The third-order valence-corrected chi connectivity index (χ3v) is 3.79. The molecule has 5 nitrogen and oxygen atoms in total. The second-order valence-electron chi connectivity index (χ2n) is 6.30. The number of fused-ring (bicyclic) bond motifs is 1. The summed E-state index contributed by atoms with van der Waals surface area (Å²) >= 11 is 0. The van der Waals surface area contributed by atoms with E-state index in [0.29, 0.717) is 12.8 Å². The largest absolute Gasteiger partial charge is 0.481 e. The third kappa shape index (κ3) is 1.96. The molecule has 1 N–H and O–H groups in total. The second-order valence-corrected chi connectivity index (χ2v) is 6.30. The first-order valence-electron chi connectivity index (χ1n) is 6.08. The summed E-state index contributed by atoms with van der Waals surface area (Å²) in [5.74, 6) is -1.76. The van der Waals surface area contributed by atoms with Gasteiger partial charge in [-0.15, -0.1) is 0 Å². The predicted molar refractivity (Wildman–Crippen MR) is 61.2 cm³/mol. The Morgan fingerprint density at radius 1 is 1.33 bits per heavy atom. The standard InChI is InChI=1S/C13H17NO4/c1-12(2,3)18-11(17)13(6-14)4-7-8(5-13)9(7)10(15)16/h7-9H,4-5H2,1-3H3,(H,15,16). The fraction of sp³-hybridized carbons (Fsp3) is 0.769.